The van der Waals surface area contributed by atoms with E-state index in [4.69, 9.17) is 4.74 Å². The predicted octanol–water partition coefficient (Wildman–Crippen LogP) is 0.665. The Kier molecular flexibility index (Phi) is 2.03. The van der Waals surface area contributed by atoms with Gasteiger partial charge in [-0.1, -0.05) is 0 Å². The molecule has 0 amide bonds. The summed E-state index contributed by atoms with van der Waals surface area (Å²) in [5.41, 5.74) is 0. The van der Waals surface area contributed by atoms with E-state index in [0.29, 0.717) is 0 Å². The Morgan fingerprint density at radius 3 is 2.75 bits per heavy atom. The second-order valence-electron chi connectivity index (χ2n) is 1.97. The van der Waals surface area contributed by atoms with Crippen molar-refractivity contribution in [2.24, 2.45) is 0 Å². The number of carbonyl (C=O) groups excluding carboxylic acids is 1. The molecule has 0 aromatic carbocycles. The average Bonchev–Trinajstić information content (AvgIpc) is 1.90. The molecule has 1 heterocycles. The molecular weight excluding hydrogens is 104 g/mol. The lowest BCUT2D eigenvalue weighted by molar-refractivity contribution is 0.0570. The molecule has 0 aromatic rings. The summed E-state index contributed by atoms with van der Waals surface area (Å²) in [6, 6.07) is 0. The molecule has 0 unspecified atom stereocenters. The summed E-state index contributed by atoms with van der Waals surface area (Å²) < 4.78 is 5.00. The van der Waals surface area contributed by atoms with E-state index in [1.54, 1.807) is 0 Å². The van der Waals surface area contributed by atoms with Crippen molar-refractivity contribution in [3.63, 3.8) is 0 Å². The van der Waals surface area contributed by atoms with Crippen LogP contribution in [0.1, 0.15) is 19.3 Å². The highest BCUT2D eigenvalue weighted by Gasteiger charge is 2.11. The van der Waals surface area contributed by atoms with Crippen molar-refractivity contribution in [3.8, 4) is 0 Å². The summed E-state index contributed by atoms with van der Waals surface area (Å²) in [4.78, 5) is 9.91. The van der Waals surface area contributed by atoms with Crippen molar-refractivity contribution in [1.29, 1.82) is 0 Å². The van der Waals surface area contributed by atoms with Crippen LogP contribution in [0, 0.1) is 0 Å². The quantitative estimate of drug-likeness (QED) is 0.499. The van der Waals surface area contributed by atoms with E-state index in [1.807, 2.05) is 6.29 Å². The molecule has 45 valence electrons. The first-order valence-electron chi connectivity index (χ1n) is 2.93. The van der Waals surface area contributed by atoms with Crippen LogP contribution in [0.2, 0.25) is 0 Å². The SMILES string of the molecule is O=[C][C@@H]1CCCCO1. The molecule has 1 saturated heterocycles. The molecule has 1 atom stereocenters. The van der Waals surface area contributed by atoms with Crippen molar-refractivity contribution < 1.29 is 9.53 Å². The molecule has 1 aliphatic heterocycles. The summed E-state index contributed by atoms with van der Waals surface area (Å²) in [6.07, 6.45) is 4.68. The molecule has 0 aromatic heterocycles. The molecular formula is C6H9O2. The van der Waals surface area contributed by atoms with E-state index in [2.05, 4.69) is 0 Å². The van der Waals surface area contributed by atoms with Gasteiger partial charge in [-0.3, -0.25) is 4.79 Å². The minimum Gasteiger partial charge on any atom is -0.370 e. The zero-order chi connectivity index (χ0) is 5.82. The van der Waals surface area contributed by atoms with E-state index in [0.717, 1.165) is 25.9 Å². The molecule has 2 heteroatoms. The largest absolute Gasteiger partial charge is 0.370 e. The average molecular weight is 113 g/mol. The van der Waals surface area contributed by atoms with Crippen LogP contribution in [0.4, 0.5) is 0 Å². The molecule has 2 nitrogen and oxygen atoms in total. The third kappa shape index (κ3) is 1.30. The topological polar surface area (TPSA) is 26.3 Å². The first kappa shape index (κ1) is 5.76. The van der Waals surface area contributed by atoms with E-state index < -0.39 is 0 Å². The summed E-state index contributed by atoms with van der Waals surface area (Å²) in [5, 5.41) is 0. The minimum atomic E-state index is -0.219. The van der Waals surface area contributed by atoms with Gasteiger partial charge < -0.3 is 4.74 Å². The molecule has 0 spiro atoms. The predicted molar refractivity (Wildman–Crippen MR) is 29.3 cm³/mol. The molecule has 0 aliphatic carbocycles. The lowest BCUT2D eigenvalue weighted by atomic mass is 10.1. The maximum absolute atomic E-state index is 9.91. The number of hydrogen-bond acceptors (Lipinski definition) is 2. The van der Waals surface area contributed by atoms with Gasteiger partial charge >= 0.3 is 0 Å². The van der Waals surface area contributed by atoms with Crippen LogP contribution in [0.25, 0.3) is 0 Å². The molecule has 1 radical (unpaired) electrons. The van der Waals surface area contributed by atoms with Gasteiger partial charge in [0.2, 0.25) is 6.29 Å². The molecule has 1 rings (SSSR count). The van der Waals surface area contributed by atoms with Gasteiger partial charge in [-0.2, -0.15) is 0 Å². The second kappa shape index (κ2) is 2.82. The van der Waals surface area contributed by atoms with Gasteiger partial charge in [-0.05, 0) is 19.3 Å². The third-order valence-electron chi connectivity index (χ3n) is 1.31. The summed E-state index contributed by atoms with van der Waals surface area (Å²) in [6.45, 7) is 0.736. The van der Waals surface area contributed by atoms with Crippen LogP contribution < -0.4 is 0 Å². The van der Waals surface area contributed by atoms with Gasteiger partial charge in [0.15, 0.2) is 0 Å². The lowest BCUT2D eigenvalue weighted by Crippen LogP contribution is -2.19. The van der Waals surface area contributed by atoms with Gasteiger partial charge in [0.1, 0.15) is 6.10 Å². The molecule has 8 heavy (non-hydrogen) atoms. The standard InChI is InChI=1S/C6H9O2/c7-5-6-3-1-2-4-8-6/h6H,1-4H2/t6-/m0/s1. The lowest BCUT2D eigenvalue weighted by Gasteiger charge is -2.15. The number of ether oxygens (including phenoxy) is 1. The fourth-order valence-electron chi connectivity index (χ4n) is 0.834. The molecule has 1 aliphatic rings. The Bertz CT molecular complexity index is 74.6. The van der Waals surface area contributed by atoms with Crippen LogP contribution >= 0.6 is 0 Å². The van der Waals surface area contributed by atoms with E-state index in [9.17, 15) is 4.79 Å². The minimum absolute atomic E-state index is 0.219. The zero-order valence-electron chi connectivity index (χ0n) is 4.72. The van der Waals surface area contributed by atoms with E-state index >= 15 is 0 Å². The van der Waals surface area contributed by atoms with Crippen LogP contribution in [-0.2, 0) is 9.53 Å². The van der Waals surface area contributed by atoms with Gasteiger partial charge in [0.25, 0.3) is 0 Å². The number of hydrogen-bond donors (Lipinski definition) is 0. The summed E-state index contributed by atoms with van der Waals surface area (Å²) in [5.74, 6) is 0. The van der Waals surface area contributed by atoms with Crippen molar-refractivity contribution in [3.05, 3.63) is 0 Å². The maximum atomic E-state index is 9.91. The first-order chi connectivity index (χ1) is 3.93. The Labute approximate surface area is 48.8 Å². The Balaban J connectivity index is 2.22. The number of rotatable bonds is 1. The fourth-order valence-corrected chi connectivity index (χ4v) is 0.834. The van der Waals surface area contributed by atoms with Gasteiger partial charge in [0.05, 0.1) is 0 Å². The van der Waals surface area contributed by atoms with Crippen molar-refractivity contribution >= 4 is 6.29 Å². The second-order valence-corrected chi connectivity index (χ2v) is 1.97. The van der Waals surface area contributed by atoms with Gasteiger partial charge in [-0.25, -0.2) is 0 Å². The first-order valence-corrected chi connectivity index (χ1v) is 2.93. The Morgan fingerprint density at radius 2 is 2.38 bits per heavy atom. The van der Waals surface area contributed by atoms with Crippen LogP contribution in [-0.4, -0.2) is 19.0 Å². The van der Waals surface area contributed by atoms with E-state index in [-0.39, 0.29) is 6.10 Å². The van der Waals surface area contributed by atoms with Crippen molar-refractivity contribution in [2.45, 2.75) is 25.4 Å². The molecule has 0 bridgehead atoms. The molecule has 0 saturated carbocycles. The highest BCUT2D eigenvalue weighted by molar-refractivity contribution is 5.56. The smallest absolute Gasteiger partial charge is 0.229 e. The highest BCUT2D eigenvalue weighted by Crippen LogP contribution is 2.09. The third-order valence-corrected chi connectivity index (χ3v) is 1.31. The van der Waals surface area contributed by atoms with Gasteiger partial charge in [-0.15, -0.1) is 0 Å². The molecule has 1 fully saturated rings. The summed E-state index contributed by atoms with van der Waals surface area (Å²) >= 11 is 0. The monoisotopic (exact) mass is 113 g/mol. The van der Waals surface area contributed by atoms with Crippen LogP contribution in [0.15, 0.2) is 0 Å². The Morgan fingerprint density at radius 1 is 1.50 bits per heavy atom. The van der Waals surface area contributed by atoms with E-state index in [1.165, 1.54) is 0 Å². The Hall–Kier alpha value is -0.370. The summed E-state index contributed by atoms with van der Waals surface area (Å²) in [7, 11) is 0. The van der Waals surface area contributed by atoms with Crippen LogP contribution in [0.5, 0.6) is 0 Å². The van der Waals surface area contributed by atoms with Crippen molar-refractivity contribution in [1.82, 2.24) is 0 Å². The van der Waals surface area contributed by atoms with Crippen LogP contribution in [0.3, 0.4) is 0 Å². The zero-order valence-corrected chi connectivity index (χ0v) is 4.72. The normalized spacial score (nSPS) is 29.8. The maximum Gasteiger partial charge on any atom is 0.229 e. The molecule has 0 N–H and O–H groups in total. The fraction of sp³-hybridized carbons (Fsp3) is 0.833. The highest BCUT2D eigenvalue weighted by atomic mass is 16.5. The van der Waals surface area contributed by atoms with Crippen molar-refractivity contribution in [2.75, 3.05) is 6.61 Å². The van der Waals surface area contributed by atoms with Gasteiger partial charge in [0, 0.05) is 6.61 Å².